The molecule has 0 saturated carbocycles. The fourth-order valence-corrected chi connectivity index (χ4v) is 7.11. The molecule has 254 valence electrons. The lowest BCUT2D eigenvalue weighted by Gasteiger charge is -2.39. The lowest BCUT2D eigenvalue weighted by Crippen LogP contribution is -2.45. The molecule has 0 heterocycles. The van der Waals surface area contributed by atoms with Gasteiger partial charge in [-0.15, -0.1) is 23.5 Å². The SMILES string of the molecule is CC(C)C(=O)[C@H](C)OC(=O)[C@@H](C)O.CCC.CCN(C)C(=O)C(CC(C)(C)Cc1ccccc1)C(C)(C)SC(=S)SCCO. The Morgan fingerprint density at radius 3 is 1.95 bits per heavy atom. The predicted molar refractivity (Wildman–Crippen MR) is 192 cm³/mol. The van der Waals surface area contributed by atoms with Crippen molar-refractivity contribution in [1.29, 1.82) is 0 Å². The van der Waals surface area contributed by atoms with Crippen molar-refractivity contribution in [2.45, 2.75) is 112 Å². The van der Waals surface area contributed by atoms with Crippen molar-refractivity contribution < 1.29 is 29.3 Å². The zero-order valence-corrected chi connectivity index (χ0v) is 31.6. The van der Waals surface area contributed by atoms with Gasteiger partial charge in [0, 0.05) is 30.0 Å². The van der Waals surface area contributed by atoms with E-state index in [-0.39, 0.29) is 40.3 Å². The van der Waals surface area contributed by atoms with Crippen molar-refractivity contribution in [2.24, 2.45) is 17.3 Å². The number of rotatable bonds is 14. The van der Waals surface area contributed by atoms with E-state index in [9.17, 15) is 14.4 Å². The van der Waals surface area contributed by atoms with Crippen LogP contribution < -0.4 is 0 Å². The molecule has 3 atom stereocenters. The van der Waals surface area contributed by atoms with Gasteiger partial charge >= 0.3 is 5.97 Å². The zero-order valence-electron chi connectivity index (χ0n) is 29.1. The van der Waals surface area contributed by atoms with E-state index in [1.165, 1.54) is 37.6 Å². The van der Waals surface area contributed by atoms with Gasteiger partial charge in [-0.05, 0) is 58.4 Å². The van der Waals surface area contributed by atoms with Crippen LogP contribution in [-0.2, 0) is 25.5 Å². The van der Waals surface area contributed by atoms with Crippen LogP contribution in [0.3, 0.4) is 0 Å². The molecule has 0 fully saturated rings. The summed E-state index contributed by atoms with van der Waals surface area (Å²) >= 11 is 8.58. The van der Waals surface area contributed by atoms with Crippen LogP contribution >= 0.6 is 35.7 Å². The number of aliphatic hydroxyl groups is 2. The molecule has 0 radical (unpaired) electrons. The Kier molecular flexibility index (Phi) is 23.3. The molecule has 7 nitrogen and oxygen atoms in total. The number of ketones is 1. The minimum Gasteiger partial charge on any atom is -0.453 e. The fourth-order valence-electron chi connectivity index (χ4n) is 4.07. The number of hydrogen-bond acceptors (Lipinski definition) is 9. The molecule has 1 aromatic rings. The molecule has 0 saturated heterocycles. The maximum Gasteiger partial charge on any atom is 0.335 e. The first-order valence-corrected chi connectivity index (χ1v) is 17.7. The molecule has 0 spiro atoms. The molecule has 44 heavy (non-hydrogen) atoms. The number of esters is 1. The number of nitrogens with zero attached hydrogens (tertiary/aromatic N) is 1. The number of Topliss-reactive ketones (excluding diaryl/α,β-unsaturated/α-hetero) is 1. The molecule has 1 amide bonds. The smallest absolute Gasteiger partial charge is 0.335 e. The number of carbonyl (C=O) groups is 3. The number of hydrogen-bond donors (Lipinski definition) is 2. The molecule has 2 N–H and O–H groups in total. The van der Waals surface area contributed by atoms with Gasteiger partial charge in [0.2, 0.25) is 5.91 Å². The fraction of sp³-hybridized carbons (Fsp3) is 0.706. The van der Waals surface area contributed by atoms with E-state index < -0.39 is 18.2 Å². The molecule has 0 aliphatic heterocycles. The van der Waals surface area contributed by atoms with Crippen LogP contribution in [-0.4, -0.2) is 79.2 Å². The lowest BCUT2D eigenvalue weighted by atomic mass is 9.74. The molecule has 0 aromatic heterocycles. The van der Waals surface area contributed by atoms with E-state index in [1.807, 2.05) is 24.9 Å². The monoisotopic (exact) mass is 673 g/mol. The van der Waals surface area contributed by atoms with E-state index >= 15 is 0 Å². The highest BCUT2D eigenvalue weighted by molar-refractivity contribution is 8.47. The summed E-state index contributed by atoms with van der Waals surface area (Å²) in [6, 6.07) is 10.5. The van der Waals surface area contributed by atoms with Gasteiger partial charge < -0.3 is 19.8 Å². The first kappa shape index (κ1) is 44.7. The van der Waals surface area contributed by atoms with Gasteiger partial charge in [0.25, 0.3) is 0 Å². The summed E-state index contributed by atoms with van der Waals surface area (Å²) in [4.78, 5) is 37.2. The minimum absolute atomic E-state index is 0.0199. The first-order valence-electron chi connectivity index (χ1n) is 15.5. The van der Waals surface area contributed by atoms with Crippen molar-refractivity contribution in [3.63, 3.8) is 0 Å². The van der Waals surface area contributed by atoms with Crippen molar-refractivity contribution in [3.05, 3.63) is 35.9 Å². The Balaban J connectivity index is 0. The molecular formula is C34H59NO6S3. The lowest BCUT2D eigenvalue weighted by molar-refractivity contribution is -0.162. The number of benzene rings is 1. The first-order chi connectivity index (χ1) is 20.3. The number of aliphatic hydroxyl groups excluding tert-OH is 2. The average molecular weight is 674 g/mol. The number of thioether (sulfide) groups is 2. The highest BCUT2D eigenvalue weighted by Gasteiger charge is 2.41. The Hall–Kier alpha value is -1.46. The van der Waals surface area contributed by atoms with E-state index in [2.05, 4.69) is 65.8 Å². The van der Waals surface area contributed by atoms with Gasteiger partial charge in [0.05, 0.1) is 12.5 Å². The predicted octanol–water partition coefficient (Wildman–Crippen LogP) is 7.20. The van der Waals surface area contributed by atoms with Gasteiger partial charge in [-0.25, -0.2) is 4.79 Å². The standard InChI is InChI=1S/C22H35NO2S3.C9H16O4.C3H8/c1-7-23(6)19(25)18(22(4,5)28-20(26)27-14-13-24)16-21(2,3)15-17-11-9-8-10-12-17;1-5(2)8(11)7(4)13-9(12)6(3)10;1-3-2/h8-12,18,24H,7,13-16H2,1-6H3;5-7,10H,1-4H3;3H2,1-2H3/t;6-,7+;/m.1./s1. The number of carbonyl (C=O) groups excluding carboxylic acids is 3. The average Bonchev–Trinajstić information content (AvgIpc) is 2.94. The molecule has 1 aromatic carbocycles. The van der Waals surface area contributed by atoms with E-state index in [4.69, 9.17) is 27.2 Å². The summed E-state index contributed by atoms with van der Waals surface area (Å²) in [6.45, 7) is 22.0. The number of ether oxygens (including phenoxy) is 1. The molecule has 0 aliphatic carbocycles. The van der Waals surface area contributed by atoms with E-state index in [0.29, 0.717) is 12.3 Å². The van der Waals surface area contributed by atoms with Crippen molar-refractivity contribution in [2.75, 3.05) is 26.0 Å². The molecule has 1 unspecified atom stereocenters. The summed E-state index contributed by atoms with van der Waals surface area (Å²) in [5.41, 5.74) is 1.27. The third-order valence-corrected chi connectivity index (χ3v) is 9.34. The van der Waals surface area contributed by atoms with Crippen LogP contribution in [0.4, 0.5) is 0 Å². The molecule has 10 heteroatoms. The summed E-state index contributed by atoms with van der Waals surface area (Å²) in [5, 5.41) is 17.9. The molecule has 0 bridgehead atoms. The Bertz CT molecular complexity index is 982. The van der Waals surface area contributed by atoms with Gasteiger partial charge in [0.15, 0.2) is 11.9 Å². The van der Waals surface area contributed by atoms with Crippen LogP contribution in [0.1, 0.15) is 94.6 Å². The largest absolute Gasteiger partial charge is 0.453 e. The maximum atomic E-state index is 13.3. The van der Waals surface area contributed by atoms with Crippen molar-refractivity contribution in [3.8, 4) is 0 Å². The topological polar surface area (TPSA) is 104 Å². The van der Waals surface area contributed by atoms with Gasteiger partial charge in [-0.2, -0.15) is 0 Å². The third kappa shape index (κ3) is 19.1. The van der Waals surface area contributed by atoms with Crippen LogP contribution in [0.2, 0.25) is 0 Å². The van der Waals surface area contributed by atoms with Gasteiger partial charge in [-0.1, -0.05) is 90.5 Å². The van der Waals surface area contributed by atoms with Gasteiger partial charge in [-0.3, -0.25) is 9.59 Å². The van der Waals surface area contributed by atoms with Crippen LogP contribution in [0.5, 0.6) is 0 Å². The summed E-state index contributed by atoms with van der Waals surface area (Å²) < 4.78 is 5.16. The summed E-state index contributed by atoms with van der Waals surface area (Å²) in [7, 11) is 1.87. The normalized spacial score (nSPS) is 13.3. The quantitative estimate of drug-likeness (QED) is 0.157. The van der Waals surface area contributed by atoms with Crippen molar-refractivity contribution in [1.82, 2.24) is 4.90 Å². The second-order valence-corrected chi connectivity index (χ2v) is 16.4. The van der Waals surface area contributed by atoms with E-state index in [0.717, 1.165) is 16.4 Å². The summed E-state index contributed by atoms with van der Waals surface area (Å²) in [6.07, 6.45) is 1.01. The summed E-state index contributed by atoms with van der Waals surface area (Å²) in [5.74, 6) is -0.452. The Morgan fingerprint density at radius 2 is 1.52 bits per heavy atom. The highest BCUT2D eigenvalue weighted by atomic mass is 32.2. The molecule has 1 rings (SSSR count). The van der Waals surface area contributed by atoms with Crippen LogP contribution in [0.25, 0.3) is 0 Å². The Morgan fingerprint density at radius 1 is 1.00 bits per heavy atom. The van der Waals surface area contributed by atoms with Gasteiger partial charge in [0.1, 0.15) is 9.63 Å². The Labute approximate surface area is 281 Å². The molecule has 0 aliphatic rings. The second-order valence-electron chi connectivity index (χ2n) is 12.5. The molecular weight excluding hydrogens is 615 g/mol. The van der Waals surface area contributed by atoms with E-state index in [1.54, 1.807) is 25.6 Å². The number of thiocarbonyl (C=S) groups is 1. The number of amides is 1. The maximum absolute atomic E-state index is 13.3. The van der Waals surface area contributed by atoms with Crippen LogP contribution in [0, 0.1) is 17.3 Å². The second kappa shape index (κ2) is 23.0. The minimum atomic E-state index is -1.18. The van der Waals surface area contributed by atoms with Crippen LogP contribution in [0.15, 0.2) is 30.3 Å². The third-order valence-electron chi connectivity index (χ3n) is 6.53. The highest BCUT2D eigenvalue weighted by Crippen LogP contribution is 2.43. The van der Waals surface area contributed by atoms with Crippen molar-refractivity contribution >= 4 is 56.9 Å². The zero-order chi connectivity index (χ0) is 34.7.